The Bertz CT molecular complexity index is 631. The van der Waals surface area contributed by atoms with Gasteiger partial charge in [-0.3, -0.25) is 4.79 Å². The van der Waals surface area contributed by atoms with Crippen molar-refractivity contribution in [2.45, 2.75) is 50.9 Å². The summed E-state index contributed by atoms with van der Waals surface area (Å²) in [5, 5.41) is 3.88. The Morgan fingerprint density at radius 3 is 2.87 bits per heavy atom. The first kappa shape index (κ1) is 16.1. The van der Waals surface area contributed by atoms with Gasteiger partial charge in [-0.25, -0.2) is 0 Å². The second-order valence-electron chi connectivity index (χ2n) is 5.91. The molecule has 1 aliphatic heterocycles. The van der Waals surface area contributed by atoms with Crippen LogP contribution < -0.4 is 0 Å². The summed E-state index contributed by atoms with van der Waals surface area (Å²) in [4.78, 5) is 18.7. The molecule has 0 N–H and O–H groups in total. The summed E-state index contributed by atoms with van der Waals surface area (Å²) in [6.45, 7) is 4.26. The summed E-state index contributed by atoms with van der Waals surface area (Å²) in [6.07, 6.45) is 4.96. The average molecular weight is 335 g/mol. The molecule has 23 heavy (non-hydrogen) atoms. The van der Waals surface area contributed by atoms with Crippen LogP contribution in [0.2, 0.25) is 0 Å². The number of hydrogen-bond acceptors (Lipinski definition) is 6. The molecule has 2 unspecified atom stereocenters. The molecule has 2 atom stereocenters. The minimum Gasteiger partial charge on any atom is -0.461 e. The van der Waals surface area contributed by atoms with Crippen LogP contribution >= 0.6 is 11.8 Å². The van der Waals surface area contributed by atoms with Crippen molar-refractivity contribution in [3.05, 3.63) is 24.3 Å². The molecule has 1 amide bonds. The van der Waals surface area contributed by atoms with Crippen LogP contribution in [0, 0.1) is 0 Å². The zero-order chi connectivity index (χ0) is 16.2. The Balaban J connectivity index is 1.50. The lowest BCUT2D eigenvalue weighted by atomic mass is 9.98. The Morgan fingerprint density at radius 1 is 1.39 bits per heavy atom. The summed E-state index contributed by atoms with van der Waals surface area (Å²) in [6, 6.07) is 4.23. The molecule has 3 rings (SSSR count). The Kier molecular flexibility index (Phi) is 5.05. The number of carbonyl (C=O) groups is 1. The first-order valence-corrected chi connectivity index (χ1v) is 9.06. The van der Waals surface area contributed by atoms with Gasteiger partial charge in [0.15, 0.2) is 5.76 Å². The second kappa shape index (κ2) is 7.21. The van der Waals surface area contributed by atoms with Crippen LogP contribution in [0.15, 0.2) is 27.3 Å². The molecule has 6 nitrogen and oxygen atoms in total. The van der Waals surface area contributed by atoms with Crippen molar-refractivity contribution in [2.75, 3.05) is 5.75 Å². The van der Waals surface area contributed by atoms with E-state index in [0.717, 1.165) is 12.8 Å². The summed E-state index contributed by atoms with van der Waals surface area (Å²) in [7, 11) is 0. The first-order valence-electron chi connectivity index (χ1n) is 7.90. The molecule has 7 heteroatoms. The van der Waals surface area contributed by atoms with Crippen molar-refractivity contribution in [1.29, 1.82) is 0 Å². The Morgan fingerprint density at radius 2 is 2.17 bits per heavy atom. The van der Waals surface area contributed by atoms with Gasteiger partial charge < -0.3 is 13.8 Å². The zero-order valence-corrected chi connectivity index (χ0v) is 14.2. The highest BCUT2D eigenvalue weighted by molar-refractivity contribution is 7.99. The smallest absolute Gasteiger partial charge is 0.238 e. The lowest BCUT2D eigenvalue weighted by molar-refractivity contribution is -0.134. The standard InChI is InChI=1S/C16H21N3O3S/c1-11-5-3-6-12(2)19(11)15(20)10-23-9-14-17-16(18-22-14)13-7-4-8-21-13/h4,7-8,11-12H,3,5-6,9-10H2,1-2H3. The van der Waals surface area contributed by atoms with Gasteiger partial charge >= 0.3 is 0 Å². The van der Waals surface area contributed by atoms with Crippen LogP contribution in [-0.4, -0.2) is 38.8 Å². The molecule has 124 valence electrons. The van der Waals surface area contributed by atoms with E-state index in [1.807, 2.05) is 4.90 Å². The molecular weight excluding hydrogens is 314 g/mol. The average Bonchev–Trinajstić information content (AvgIpc) is 3.18. The fourth-order valence-corrected chi connectivity index (χ4v) is 3.75. The van der Waals surface area contributed by atoms with Crippen LogP contribution in [0.25, 0.3) is 11.6 Å². The van der Waals surface area contributed by atoms with E-state index in [1.54, 1.807) is 18.4 Å². The van der Waals surface area contributed by atoms with Gasteiger partial charge in [-0.15, -0.1) is 11.8 Å². The molecule has 0 bridgehead atoms. The predicted octanol–water partition coefficient (Wildman–Crippen LogP) is 3.35. The topological polar surface area (TPSA) is 72.4 Å². The molecule has 0 saturated carbocycles. The maximum absolute atomic E-state index is 12.4. The minimum absolute atomic E-state index is 0.195. The fourth-order valence-electron chi connectivity index (χ4n) is 3.03. The SMILES string of the molecule is CC1CCCC(C)N1C(=O)CSCc1nc(-c2ccco2)no1. The molecule has 0 aliphatic carbocycles. The first-order chi connectivity index (χ1) is 11.1. The normalized spacial score (nSPS) is 21.6. The van der Waals surface area contributed by atoms with Crippen LogP contribution in [0.5, 0.6) is 0 Å². The lowest BCUT2D eigenvalue weighted by Gasteiger charge is -2.39. The maximum Gasteiger partial charge on any atom is 0.238 e. The van der Waals surface area contributed by atoms with E-state index in [2.05, 4.69) is 24.0 Å². The van der Waals surface area contributed by atoms with Gasteiger partial charge in [-0.1, -0.05) is 5.16 Å². The Hall–Kier alpha value is -1.76. The van der Waals surface area contributed by atoms with E-state index in [0.29, 0.717) is 41.1 Å². The van der Waals surface area contributed by atoms with Crippen LogP contribution in [0.1, 0.15) is 39.0 Å². The summed E-state index contributed by atoms with van der Waals surface area (Å²) in [5.74, 6) is 2.69. The highest BCUT2D eigenvalue weighted by atomic mass is 32.2. The number of likely N-dealkylation sites (tertiary alicyclic amines) is 1. The van der Waals surface area contributed by atoms with Gasteiger partial charge in [0.2, 0.25) is 17.6 Å². The van der Waals surface area contributed by atoms with Gasteiger partial charge in [0.05, 0.1) is 17.8 Å². The molecule has 0 spiro atoms. The van der Waals surface area contributed by atoms with Crippen molar-refractivity contribution >= 4 is 17.7 Å². The van der Waals surface area contributed by atoms with E-state index < -0.39 is 0 Å². The van der Waals surface area contributed by atoms with Gasteiger partial charge in [0, 0.05) is 12.1 Å². The van der Waals surface area contributed by atoms with Crippen molar-refractivity contribution in [2.24, 2.45) is 0 Å². The van der Waals surface area contributed by atoms with Crippen LogP contribution in [0.3, 0.4) is 0 Å². The molecule has 0 aromatic carbocycles. The lowest BCUT2D eigenvalue weighted by Crippen LogP contribution is -2.48. The predicted molar refractivity (Wildman–Crippen MR) is 87.8 cm³/mol. The molecule has 1 aliphatic rings. The largest absolute Gasteiger partial charge is 0.461 e. The van der Waals surface area contributed by atoms with Crippen LogP contribution in [-0.2, 0) is 10.5 Å². The van der Waals surface area contributed by atoms with Gasteiger partial charge in [0.1, 0.15) is 0 Å². The molecule has 1 fully saturated rings. The number of nitrogens with zero attached hydrogens (tertiary/aromatic N) is 3. The zero-order valence-electron chi connectivity index (χ0n) is 13.4. The molecule has 1 saturated heterocycles. The quantitative estimate of drug-likeness (QED) is 0.834. The molecule has 0 radical (unpaired) electrons. The van der Waals surface area contributed by atoms with Gasteiger partial charge in [0.25, 0.3) is 0 Å². The number of amides is 1. The van der Waals surface area contributed by atoms with Gasteiger partial charge in [-0.05, 0) is 45.2 Å². The molecule has 3 heterocycles. The van der Waals surface area contributed by atoms with Crippen molar-refractivity contribution < 1.29 is 13.7 Å². The number of furan rings is 1. The van der Waals surface area contributed by atoms with Crippen molar-refractivity contribution in [3.8, 4) is 11.6 Å². The number of piperidine rings is 1. The second-order valence-corrected chi connectivity index (χ2v) is 6.90. The number of aromatic nitrogens is 2. The number of thioether (sulfide) groups is 1. The number of carbonyl (C=O) groups excluding carboxylic acids is 1. The third kappa shape index (κ3) is 3.77. The summed E-state index contributed by atoms with van der Waals surface area (Å²) >= 11 is 1.50. The monoisotopic (exact) mass is 335 g/mol. The van der Waals surface area contributed by atoms with E-state index >= 15 is 0 Å². The van der Waals surface area contributed by atoms with E-state index in [4.69, 9.17) is 8.94 Å². The Labute approximate surface area is 139 Å². The van der Waals surface area contributed by atoms with Gasteiger partial charge in [-0.2, -0.15) is 4.98 Å². The highest BCUT2D eigenvalue weighted by Gasteiger charge is 2.28. The third-order valence-corrected chi connectivity index (χ3v) is 5.04. The summed E-state index contributed by atoms with van der Waals surface area (Å²) in [5.41, 5.74) is 0. The number of rotatable bonds is 5. The summed E-state index contributed by atoms with van der Waals surface area (Å²) < 4.78 is 10.4. The maximum atomic E-state index is 12.4. The van der Waals surface area contributed by atoms with E-state index in [1.165, 1.54) is 18.2 Å². The molecular formula is C16H21N3O3S. The minimum atomic E-state index is 0.195. The van der Waals surface area contributed by atoms with E-state index in [-0.39, 0.29) is 5.91 Å². The van der Waals surface area contributed by atoms with Crippen LogP contribution in [0.4, 0.5) is 0 Å². The van der Waals surface area contributed by atoms with E-state index in [9.17, 15) is 4.79 Å². The molecule has 2 aromatic heterocycles. The number of hydrogen-bond donors (Lipinski definition) is 0. The molecule has 2 aromatic rings. The highest BCUT2D eigenvalue weighted by Crippen LogP contribution is 2.24. The third-order valence-electron chi connectivity index (χ3n) is 4.14. The van der Waals surface area contributed by atoms with Crippen molar-refractivity contribution in [3.63, 3.8) is 0 Å². The van der Waals surface area contributed by atoms with Crippen molar-refractivity contribution in [1.82, 2.24) is 15.0 Å². The fraction of sp³-hybridized carbons (Fsp3) is 0.562.